The fraction of sp³-hybridized carbons (Fsp3) is 0.333. The minimum atomic E-state index is -4.86. The van der Waals surface area contributed by atoms with Crippen LogP contribution in [-0.2, 0) is 10.2 Å². The van der Waals surface area contributed by atoms with E-state index in [2.05, 4.69) is 0 Å². The molecule has 0 aliphatic rings. The zero-order valence-corrected chi connectivity index (χ0v) is 9.80. The second-order valence-electron chi connectivity index (χ2n) is 2.77. The molecule has 0 atom stereocenters. The van der Waals surface area contributed by atoms with E-state index >= 15 is 0 Å². The van der Waals surface area contributed by atoms with E-state index in [0.29, 0.717) is 0 Å². The number of ether oxygens (including phenoxy) is 3. The lowest BCUT2D eigenvalue weighted by molar-refractivity contribution is 0.318. The van der Waals surface area contributed by atoms with Gasteiger partial charge in [-0.25, -0.2) is 0 Å². The van der Waals surface area contributed by atoms with Crippen LogP contribution in [-0.4, -0.2) is 29.7 Å². The molecule has 0 aliphatic heterocycles. The lowest BCUT2D eigenvalue weighted by atomic mass is 10.3. The van der Waals surface area contributed by atoms with Crippen LogP contribution in [0.5, 0.6) is 17.2 Å². The van der Waals surface area contributed by atoms with Gasteiger partial charge in [0.2, 0.25) is 5.75 Å². The van der Waals surface area contributed by atoms with Crippen molar-refractivity contribution in [1.29, 1.82) is 0 Å². The van der Waals surface area contributed by atoms with E-state index in [1.54, 1.807) is 0 Å². The van der Waals surface area contributed by atoms with Gasteiger partial charge in [-0.1, -0.05) is 0 Å². The maximum absolute atomic E-state index is 12.9. The first kappa shape index (κ1) is 12.6. The molecule has 0 spiro atoms. The van der Waals surface area contributed by atoms with E-state index in [1.807, 2.05) is 0 Å². The molecule has 0 aliphatic carbocycles. The SMILES string of the molecule is COc1ccc(S(=O)(=O)F)c(OC)c1OC. The molecule has 16 heavy (non-hydrogen) atoms. The summed E-state index contributed by atoms with van der Waals surface area (Å²) >= 11 is 0. The molecule has 7 heteroatoms. The van der Waals surface area contributed by atoms with Gasteiger partial charge in [0, 0.05) is 0 Å². The quantitative estimate of drug-likeness (QED) is 0.755. The van der Waals surface area contributed by atoms with Gasteiger partial charge in [-0.2, -0.15) is 8.42 Å². The number of halogens is 1. The van der Waals surface area contributed by atoms with E-state index in [-0.39, 0.29) is 17.2 Å². The Morgan fingerprint density at radius 2 is 1.56 bits per heavy atom. The summed E-state index contributed by atoms with van der Waals surface area (Å²) < 4.78 is 49.2. The predicted octanol–water partition coefficient (Wildman–Crippen LogP) is 1.37. The number of benzene rings is 1. The molecule has 0 N–H and O–H groups in total. The van der Waals surface area contributed by atoms with Crippen molar-refractivity contribution in [3.63, 3.8) is 0 Å². The smallest absolute Gasteiger partial charge is 0.335 e. The van der Waals surface area contributed by atoms with Crippen molar-refractivity contribution in [2.75, 3.05) is 21.3 Å². The van der Waals surface area contributed by atoms with Gasteiger partial charge in [-0.15, -0.1) is 3.89 Å². The summed E-state index contributed by atoms with van der Waals surface area (Å²) in [5.41, 5.74) is 0. The molecule has 1 aromatic carbocycles. The first-order valence-corrected chi connectivity index (χ1v) is 5.57. The summed E-state index contributed by atoms with van der Waals surface area (Å²) in [4.78, 5) is -0.590. The van der Waals surface area contributed by atoms with Crippen molar-refractivity contribution >= 4 is 10.2 Å². The Labute approximate surface area is 93.0 Å². The highest BCUT2D eigenvalue weighted by atomic mass is 32.3. The van der Waals surface area contributed by atoms with Gasteiger partial charge in [0.15, 0.2) is 11.5 Å². The van der Waals surface area contributed by atoms with Gasteiger partial charge in [-0.3, -0.25) is 0 Å². The van der Waals surface area contributed by atoms with Crippen LogP contribution < -0.4 is 14.2 Å². The Kier molecular flexibility index (Phi) is 3.58. The van der Waals surface area contributed by atoms with E-state index in [0.717, 1.165) is 6.07 Å². The van der Waals surface area contributed by atoms with Crippen LogP contribution in [0.15, 0.2) is 17.0 Å². The molecule has 0 saturated carbocycles. The summed E-state index contributed by atoms with van der Waals surface area (Å²) in [5.74, 6) is 0.0693. The summed E-state index contributed by atoms with van der Waals surface area (Å²) in [6.45, 7) is 0. The van der Waals surface area contributed by atoms with Gasteiger partial charge < -0.3 is 14.2 Å². The summed E-state index contributed by atoms with van der Waals surface area (Å²) in [6.07, 6.45) is 0. The lowest BCUT2D eigenvalue weighted by Gasteiger charge is -2.13. The van der Waals surface area contributed by atoms with Crippen LogP contribution in [0.3, 0.4) is 0 Å². The normalized spacial score (nSPS) is 11.0. The maximum Gasteiger partial charge on any atom is 0.335 e. The van der Waals surface area contributed by atoms with Crippen molar-refractivity contribution in [3.8, 4) is 17.2 Å². The van der Waals surface area contributed by atoms with E-state index in [1.165, 1.54) is 27.4 Å². The Balaban J connectivity index is 3.56. The number of rotatable bonds is 4. The van der Waals surface area contributed by atoms with E-state index in [9.17, 15) is 12.3 Å². The molecule has 90 valence electrons. The Hall–Kier alpha value is -1.50. The third-order valence-corrected chi connectivity index (χ3v) is 2.78. The molecule has 0 amide bonds. The molecule has 0 fully saturated rings. The Bertz CT molecular complexity index is 483. The van der Waals surface area contributed by atoms with Crippen LogP contribution in [0.2, 0.25) is 0 Å². The van der Waals surface area contributed by atoms with Crippen molar-refractivity contribution in [1.82, 2.24) is 0 Å². The fourth-order valence-electron chi connectivity index (χ4n) is 1.27. The number of hydrogen-bond donors (Lipinski definition) is 0. The summed E-state index contributed by atoms with van der Waals surface area (Å²) in [5, 5.41) is 0. The Morgan fingerprint density at radius 3 is 1.94 bits per heavy atom. The van der Waals surface area contributed by atoms with Gasteiger partial charge in [0.05, 0.1) is 21.3 Å². The van der Waals surface area contributed by atoms with Gasteiger partial charge in [0.25, 0.3) is 0 Å². The predicted molar refractivity (Wildman–Crippen MR) is 54.4 cm³/mol. The van der Waals surface area contributed by atoms with Crippen molar-refractivity contribution in [2.24, 2.45) is 0 Å². The van der Waals surface area contributed by atoms with E-state index in [4.69, 9.17) is 14.2 Å². The topological polar surface area (TPSA) is 61.8 Å². The minimum Gasteiger partial charge on any atom is -0.493 e. The van der Waals surface area contributed by atoms with Crippen molar-refractivity contribution < 1.29 is 26.5 Å². The van der Waals surface area contributed by atoms with Crippen molar-refractivity contribution in [2.45, 2.75) is 4.90 Å². The third-order valence-electron chi connectivity index (χ3n) is 1.93. The zero-order chi connectivity index (χ0) is 12.3. The fourth-order valence-corrected chi connectivity index (χ4v) is 1.89. The third kappa shape index (κ3) is 2.19. The van der Waals surface area contributed by atoms with E-state index < -0.39 is 15.1 Å². The van der Waals surface area contributed by atoms with Crippen LogP contribution in [0.25, 0.3) is 0 Å². The highest BCUT2D eigenvalue weighted by molar-refractivity contribution is 7.86. The van der Waals surface area contributed by atoms with Gasteiger partial charge in [-0.05, 0) is 12.1 Å². The standard InChI is InChI=1S/C9H11FO5S/c1-13-6-4-5-7(16(10,11)12)9(15-3)8(6)14-2/h4-5H,1-3H3. The Morgan fingerprint density at radius 1 is 1.00 bits per heavy atom. The number of hydrogen-bond acceptors (Lipinski definition) is 5. The number of methoxy groups -OCH3 is 3. The highest BCUT2D eigenvalue weighted by Gasteiger charge is 2.24. The molecular weight excluding hydrogens is 239 g/mol. The first-order valence-electron chi connectivity index (χ1n) is 4.19. The molecule has 0 heterocycles. The van der Waals surface area contributed by atoms with Crippen LogP contribution >= 0.6 is 0 Å². The highest BCUT2D eigenvalue weighted by Crippen LogP contribution is 2.42. The molecule has 0 saturated heterocycles. The first-order chi connectivity index (χ1) is 7.45. The second-order valence-corrected chi connectivity index (χ2v) is 4.09. The average Bonchev–Trinajstić information content (AvgIpc) is 2.25. The molecule has 5 nitrogen and oxygen atoms in total. The largest absolute Gasteiger partial charge is 0.493 e. The lowest BCUT2D eigenvalue weighted by Crippen LogP contribution is -2.01. The molecule has 0 bridgehead atoms. The molecule has 0 radical (unpaired) electrons. The van der Waals surface area contributed by atoms with Gasteiger partial charge >= 0.3 is 10.2 Å². The molecule has 1 rings (SSSR count). The summed E-state index contributed by atoms with van der Waals surface area (Å²) in [6, 6.07) is 2.34. The van der Waals surface area contributed by atoms with Crippen LogP contribution in [0, 0.1) is 0 Å². The molecule has 1 aromatic rings. The van der Waals surface area contributed by atoms with Crippen LogP contribution in [0.1, 0.15) is 0 Å². The average molecular weight is 250 g/mol. The second kappa shape index (κ2) is 4.56. The van der Waals surface area contributed by atoms with Crippen LogP contribution in [0.4, 0.5) is 3.89 Å². The zero-order valence-electron chi connectivity index (χ0n) is 8.98. The molecule has 0 unspecified atom stereocenters. The van der Waals surface area contributed by atoms with Crippen molar-refractivity contribution in [3.05, 3.63) is 12.1 Å². The monoisotopic (exact) mass is 250 g/mol. The van der Waals surface area contributed by atoms with Gasteiger partial charge in [0.1, 0.15) is 4.90 Å². The molecule has 0 aromatic heterocycles. The maximum atomic E-state index is 12.9. The minimum absolute atomic E-state index is 0.0312. The molecular formula is C9H11FO5S. The summed E-state index contributed by atoms with van der Waals surface area (Å²) in [7, 11) is -0.973.